The van der Waals surface area contributed by atoms with E-state index in [2.05, 4.69) is 39.2 Å². The van der Waals surface area contributed by atoms with E-state index in [1.807, 2.05) is 0 Å². The smallest absolute Gasteiger partial charge is 0.229 e. The molecule has 5 heteroatoms. The number of hydrogen-bond donors (Lipinski definition) is 2. The van der Waals surface area contributed by atoms with Crippen LogP contribution in [0.15, 0.2) is 23.6 Å². The average Bonchev–Trinajstić information content (AvgIpc) is 3.01. The second kappa shape index (κ2) is 5.92. The molecule has 1 saturated heterocycles. The molecule has 1 saturated carbocycles. The number of aryl methyl sites for hydroxylation is 2. The first-order valence-electron chi connectivity index (χ1n) is 9.33. The van der Waals surface area contributed by atoms with Crippen LogP contribution in [0.25, 0.3) is 11.3 Å². The number of carbonyl (C=O) groups excluding carboxylic acids is 1. The van der Waals surface area contributed by atoms with Gasteiger partial charge in [0.2, 0.25) is 5.91 Å². The van der Waals surface area contributed by atoms with Crippen molar-refractivity contribution in [1.82, 2.24) is 10.3 Å². The number of nitrogens with zero attached hydrogens (tertiary/aromatic N) is 1. The minimum atomic E-state index is 0.164. The van der Waals surface area contributed by atoms with E-state index in [0.29, 0.717) is 0 Å². The van der Waals surface area contributed by atoms with Crippen LogP contribution < -0.4 is 10.6 Å². The van der Waals surface area contributed by atoms with Gasteiger partial charge in [-0.05, 0) is 74.2 Å². The first-order valence-corrected chi connectivity index (χ1v) is 10.2. The number of fused-ring (bicyclic) bond motifs is 1. The number of anilines is 1. The van der Waals surface area contributed by atoms with Crippen molar-refractivity contribution in [2.75, 3.05) is 18.4 Å². The molecule has 0 radical (unpaired) electrons. The lowest BCUT2D eigenvalue weighted by Crippen LogP contribution is -2.31. The molecule has 1 atom stereocenters. The van der Waals surface area contributed by atoms with E-state index in [4.69, 9.17) is 0 Å². The Morgan fingerprint density at radius 1 is 1.24 bits per heavy atom. The summed E-state index contributed by atoms with van der Waals surface area (Å²) in [5.74, 6) is 0.346. The molecule has 25 heavy (non-hydrogen) atoms. The maximum absolute atomic E-state index is 12.6. The van der Waals surface area contributed by atoms with Gasteiger partial charge in [-0.3, -0.25) is 4.79 Å². The van der Waals surface area contributed by atoms with Gasteiger partial charge in [-0.25, -0.2) is 4.98 Å². The summed E-state index contributed by atoms with van der Waals surface area (Å²) in [5.41, 5.74) is 5.35. The fraction of sp³-hybridized carbons (Fsp3) is 0.500. The highest BCUT2D eigenvalue weighted by atomic mass is 32.1. The van der Waals surface area contributed by atoms with Gasteiger partial charge >= 0.3 is 0 Å². The minimum absolute atomic E-state index is 0.164. The molecule has 1 aromatic carbocycles. The third kappa shape index (κ3) is 2.79. The Morgan fingerprint density at radius 3 is 2.96 bits per heavy atom. The van der Waals surface area contributed by atoms with Gasteiger partial charge in [-0.15, -0.1) is 11.3 Å². The molecule has 1 amide bonds. The van der Waals surface area contributed by atoms with Crippen molar-refractivity contribution in [3.63, 3.8) is 0 Å². The fourth-order valence-corrected chi connectivity index (χ4v) is 5.31. The lowest BCUT2D eigenvalue weighted by atomic mass is 9.92. The summed E-state index contributed by atoms with van der Waals surface area (Å²) >= 11 is 1.53. The van der Waals surface area contributed by atoms with Crippen LogP contribution in [0.2, 0.25) is 0 Å². The molecule has 5 rings (SSSR count). The fourth-order valence-electron chi connectivity index (χ4n) is 4.58. The van der Waals surface area contributed by atoms with Crippen molar-refractivity contribution in [3.8, 4) is 11.3 Å². The third-order valence-electron chi connectivity index (χ3n) is 6.23. The molecule has 1 aromatic heterocycles. The van der Waals surface area contributed by atoms with Crippen LogP contribution >= 0.6 is 11.3 Å². The summed E-state index contributed by atoms with van der Waals surface area (Å²) in [6.07, 6.45) is 6.94. The van der Waals surface area contributed by atoms with Crippen LogP contribution in [-0.4, -0.2) is 24.0 Å². The number of aromatic nitrogens is 1. The maximum atomic E-state index is 12.6. The molecule has 1 aliphatic heterocycles. The summed E-state index contributed by atoms with van der Waals surface area (Å²) in [7, 11) is 0. The highest BCUT2D eigenvalue weighted by Gasteiger charge is 2.57. The van der Waals surface area contributed by atoms with E-state index in [1.54, 1.807) is 0 Å². The van der Waals surface area contributed by atoms with Gasteiger partial charge in [0, 0.05) is 16.9 Å². The molecule has 3 aliphatic rings. The van der Waals surface area contributed by atoms with Gasteiger partial charge in [0.1, 0.15) is 0 Å². The van der Waals surface area contributed by atoms with Crippen molar-refractivity contribution < 1.29 is 4.79 Å². The van der Waals surface area contributed by atoms with Crippen LogP contribution in [-0.2, 0) is 17.6 Å². The number of carbonyl (C=O) groups is 1. The quantitative estimate of drug-likeness (QED) is 0.886. The van der Waals surface area contributed by atoms with E-state index in [9.17, 15) is 4.79 Å². The number of rotatable bonds is 3. The Labute approximate surface area is 152 Å². The molecule has 2 aliphatic carbocycles. The van der Waals surface area contributed by atoms with Crippen LogP contribution in [0.5, 0.6) is 0 Å². The molecule has 0 bridgehead atoms. The number of piperidine rings is 1. The number of nitrogens with one attached hydrogen (secondary N) is 2. The first-order chi connectivity index (χ1) is 12.2. The summed E-state index contributed by atoms with van der Waals surface area (Å²) in [4.78, 5) is 17.2. The van der Waals surface area contributed by atoms with Gasteiger partial charge in [0.05, 0.1) is 5.69 Å². The molecule has 2 N–H and O–H groups in total. The predicted molar refractivity (Wildman–Crippen MR) is 101 cm³/mol. The Hall–Kier alpha value is -1.72. The van der Waals surface area contributed by atoms with Gasteiger partial charge in [0.15, 0.2) is 5.13 Å². The Balaban J connectivity index is 1.28. The van der Waals surface area contributed by atoms with E-state index in [0.717, 1.165) is 43.2 Å². The number of thiazole rings is 1. The Morgan fingerprint density at radius 2 is 2.08 bits per heavy atom. The van der Waals surface area contributed by atoms with Crippen LogP contribution in [0.1, 0.15) is 36.8 Å². The maximum Gasteiger partial charge on any atom is 0.229 e. The van der Waals surface area contributed by atoms with Crippen LogP contribution in [0.4, 0.5) is 5.13 Å². The van der Waals surface area contributed by atoms with E-state index in [1.165, 1.54) is 47.3 Å². The average molecular weight is 353 g/mol. The van der Waals surface area contributed by atoms with Crippen molar-refractivity contribution in [1.29, 1.82) is 0 Å². The molecule has 4 nitrogen and oxygen atoms in total. The van der Waals surface area contributed by atoms with Crippen molar-refractivity contribution in [2.24, 2.45) is 11.3 Å². The zero-order valence-electron chi connectivity index (χ0n) is 14.3. The van der Waals surface area contributed by atoms with E-state index < -0.39 is 0 Å². The number of amides is 1. The minimum Gasteiger partial charge on any atom is -0.317 e. The molecule has 2 aromatic rings. The van der Waals surface area contributed by atoms with Crippen LogP contribution in [0, 0.1) is 11.3 Å². The second-order valence-electron chi connectivity index (χ2n) is 7.73. The molecular formula is C20H23N3OS. The Kier molecular flexibility index (Phi) is 3.68. The zero-order chi connectivity index (χ0) is 16.9. The standard InChI is InChI=1S/C20H23N3OS/c24-18(16-11-20(16)6-8-21-9-7-20)23-19-22-17(12-25-19)15-5-4-13-2-1-3-14(13)10-15/h4-5,10,12,16,21H,1-3,6-9,11H2,(H,22,23,24). The summed E-state index contributed by atoms with van der Waals surface area (Å²) in [6.45, 7) is 2.09. The first kappa shape index (κ1) is 15.5. The molecular weight excluding hydrogens is 330 g/mol. The third-order valence-corrected chi connectivity index (χ3v) is 6.99. The van der Waals surface area contributed by atoms with E-state index >= 15 is 0 Å². The topological polar surface area (TPSA) is 54.0 Å². The van der Waals surface area contributed by atoms with Crippen molar-refractivity contribution >= 4 is 22.4 Å². The van der Waals surface area contributed by atoms with E-state index in [-0.39, 0.29) is 17.2 Å². The summed E-state index contributed by atoms with van der Waals surface area (Å²) in [6, 6.07) is 6.67. The second-order valence-corrected chi connectivity index (χ2v) is 8.59. The molecule has 130 valence electrons. The van der Waals surface area contributed by atoms with Gasteiger partial charge in [-0.2, -0.15) is 0 Å². The largest absolute Gasteiger partial charge is 0.317 e. The molecule has 2 fully saturated rings. The van der Waals surface area contributed by atoms with Crippen LogP contribution in [0.3, 0.4) is 0 Å². The predicted octanol–water partition coefficient (Wildman–Crippen LogP) is 3.63. The lowest BCUT2D eigenvalue weighted by molar-refractivity contribution is -0.118. The highest BCUT2D eigenvalue weighted by molar-refractivity contribution is 7.14. The lowest BCUT2D eigenvalue weighted by Gasteiger charge is -2.22. The van der Waals surface area contributed by atoms with Gasteiger partial charge in [0.25, 0.3) is 0 Å². The van der Waals surface area contributed by atoms with Crippen molar-refractivity contribution in [2.45, 2.75) is 38.5 Å². The highest BCUT2D eigenvalue weighted by Crippen LogP contribution is 2.58. The molecule has 1 unspecified atom stereocenters. The Bertz CT molecular complexity index is 822. The SMILES string of the molecule is O=C(Nc1nc(-c2ccc3c(c2)CCC3)cs1)C1CC12CCNCC2. The molecule has 1 spiro atoms. The zero-order valence-corrected chi connectivity index (χ0v) is 15.1. The normalized spacial score (nSPS) is 23.4. The molecule has 2 heterocycles. The summed E-state index contributed by atoms with van der Waals surface area (Å²) in [5, 5.41) is 9.24. The summed E-state index contributed by atoms with van der Waals surface area (Å²) < 4.78 is 0. The number of hydrogen-bond acceptors (Lipinski definition) is 4. The number of benzene rings is 1. The van der Waals surface area contributed by atoms with Gasteiger partial charge < -0.3 is 10.6 Å². The van der Waals surface area contributed by atoms with Gasteiger partial charge in [-0.1, -0.05) is 12.1 Å². The monoisotopic (exact) mass is 353 g/mol. The van der Waals surface area contributed by atoms with Crippen molar-refractivity contribution in [3.05, 3.63) is 34.7 Å².